The highest BCUT2D eigenvalue weighted by atomic mass is 16.5. The topological polar surface area (TPSA) is 35.2 Å². The van der Waals surface area contributed by atoms with E-state index < -0.39 is 0 Å². The van der Waals surface area contributed by atoms with Crippen molar-refractivity contribution in [1.82, 2.24) is 0 Å². The monoisotopic (exact) mass is 179 g/mol. The van der Waals surface area contributed by atoms with Crippen molar-refractivity contribution in [3.05, 3.63) is 29.8 Å². The number of methoxy groups -OCH3 is 1. The highest BCUT2D eigenvalue weighted by Gasteiger charge is 2.09. The number of hydrogen-bond donors (Lipinski definition) is 1. The summed E-state index contributed by atoms with van der Waals surface area (Å²) in [4.78, 5) is 0. The van der Waals surface area contributed by atoms with E-state index in [1.165, 1.54) is 5.56 Å². The average Bonchev–Trinajstić information content (AvgIpc) is 2.17. The van der Waals surface area contributed by atoms with Gasteiger partial charge in [-0.25, -0.2) is 0 Å². The summed E-state index contributed by atoms with van der Waals surface area (Å²) in [6.07, 6.45) is 0. The quantitative estimate of drug-likeness (QED) is 0.771. The van der Waals surface area contributed by atoms with Gasteiger partial charge in [0.1, 0.15) is 5.75 Å². The van der Waals surface area contributed by atoms with E-state index in [0.717, 1.165) is 5.75 Å². The fourth-order valence-electron chi connectivity index (χ4n) is 1.21. The molecule has 0 heterocycles. The Hall–Kier alpha value is -1.02. The van der Waals surface area contributed by atoms with Gasteiger partial charge in [0.05, 0.1) is 7.11 Å². The highest BCUT2D eigenvalue weighted by Crippen LogP contribution is 2.20. The first kappa shape index (κ1) is 10.1. The van der Waals surface area contributed by atoms with Gasteiger partial charge in [-0.15, -0.1) is 0 Å². The second-order valence-corrected chi connectivity index (χ2v) is 3.42. The molecule has 72 valence electrons. The van der Waals surface area contributed by atoms with E-state index in [2.05, 4.69) is 19.1 Å². The second-order valence-electron chi connectivity index (χ2n) is 3.42. The van der Waals surface area contributed by atoms with Crippen LogP contribution >= 0.6 is 0 Å². The highest BCUT2D eigenvalue weighted by molar-refractivity contribution is 5.29. The van der Waals surface area contributed by atoms with Crippen LogP contribution in [0.15, 0.2) is 24.3 Å². The Kier molecular flexibility index (Phi) is 3.32. The number of hydrogen-bond acceptors (Lipinski definition) is 2. The molecule has 0 amide bonds. The molecule has 0 unspecified atom stereocenters. The molecule has 2 heteroatoms. The van der Waals surface area contributed by atoms with Crippen molar-refractivity contribution in [2.75, 3.05) is 7.11 Å². The standard InChI is InChI=1S/C11H17NO/c1-8(9(2)12)10-4-6-11(13-3)7-5-10/h4-9H,12H2,1-3H3/t8-,9+/m0/s1. The molecule has 0 fully saturated rings. The summed E-state index contributed by atoms with van der Waals surface area (Å²) in [5.74, 6) is 1.28. The first-order valence-electron chi connectivity index (χ1n) is 4.54. The molecule has 0 radical (unpaired) electrons. The number of ether oxygens (including phenoxy) is 1. The van der Waals surface area contributed by atoms with E-state index in [1.54, 1.807) is 7.11 Å². The third kappa shape index (κ3) is 2.46. The maximum absolute atomic E-state index is 5.81. The summed E-state index contributed by atoms with van der Waals surface area (Å²) < 4.78 is 5.08. The Bertz CT molecular complexity index is 253. The van der Waals surface area contributed by atoms with Crippen LogP contribution in [0.4, 0.5) is 0 Å². The van der Waals surface area contributed by atoms with Crippen LogP contribution in [0.3, 0.4) is 0 Å². The van der Waals surface area contributed by atoms with Crippen molar-refractivity contribution >= 4 is 0 Å². The van der Waals surface area contributed by atoms with Gasteiger partial charge in [0, 0.05) is 6.04 Å². The first-order chi connectivity index (χ1) is 6.15. The van der Waals surface area contributed by atoms with Crippen molar-refractivity contribution in [1.29, 1.82) is 0 Å². The molecule has 2 N–H and O–H groups in total. The fourth-order valence-corrected chi connectivity index (χ4v) is 1.21. The van der Waals surface area contributed by atoms with E-state index in [9.17, 15) is 0 Å². The Labute approximate surface area is 79.7 Å². The zero-order chi connectivity index (χ0) is 9.84. The molecule has 1 aromatic carbocycles. The lowest BCUT2D eigenvalue weighted by Gasteiger charge is -2.15. The minimum atomic E-state index is 0.188. The van der Waals surface area contributed by atoms with Gasteiger partial charge in [-0.05, 0) is 30.5 Å². The van der Waals surface area contributed by atoms with E-state index in [-0.39, 0.29) is 6.04 Å². The van der Waals surface area contributed by atoms with E-state index in [4.69, 9.17) is 10.5 Å². The van der Waals surface area contributed by atoms with Crippen LogP contribution in [0, 0.1) is 0 Å². The molecular formula is C11H17NO. The van der Waals surface area contributed by atoms with Crippen LogP contribution in [0.25, 0.3) is 0 Å². The van der Waals surface area contributed by atoms with Crippen molar-refractivity contribution in [2.24, 2.45) is 5.73 Å². The molecular weight excluding hydrogens is 162 g/mol. The molecule has 0 aromatic heterocycles. The Morgan fingerprint density at radius 2 is 1.69 bits per heavy atom. The lowest BCUT2D eigenvalue weighted by atomic mass is 9.95. The largest absolute Gasteiger partial charge is 0.497 e. The third-order valence-corrected chi connectivity index (χ3v) is 2.43. The van der Waals surface area contributed by atoms with Gasteiger partial charge in [0.15, 0.2) is 0 Å². The third-order valence-electron chi connectivity index (χ3n) is 2.43. The molecule has 1 aromatic rings. The van der Waals surface area contributed by atoms with Gasteiger partial charge in [-0.2, -0.15) is 0 Å². The molecule has 13 heavy (non-hydrogen) atoms. The summed E-state index contributed by atoms with van der Waals surface area (Å²) in [6, 6.07) is 8.25. The Morgan fingerprint density at radius 1 is 1.15 bits per heavy atom. The van der Waals surface area contributed by atoms with Gasteiger partial charge >= 0.3 is 0 Å². The molecule has 2 atom stereocenters. The zero-order valence-corrected chi connectivity index (χ0v) is 8.45. The van der Waals surface area contributed by atoms with Crippen molar-refractivity contribution in [3.63, 3.8) is 0 Å². The molecule has 1 rings (SSSR count). The molecule has 0 saturated carbocycles. The molecule has 2 nitrogen and oxygen atoms in total. The van der Waals surface area contributed by atoms with Crippen LogP contribution in [-0.4, -0.2) is 13.2 Å². The van der Waals surface area contributed by atoms with Crippen LogP contribution in [0.5, 0.6) is 5.75 Å². The maximum atomic E-state index is 5.81. The SMILES string of the molecule is COc1ccc([C@@H](C)[C@@H](C)N)cc1. The lowest BCUT2D eigenvalue weighted by molar-refractivity contribution is 0.414. The molecule has 0 saturated heterocycles. The average molecular weight is 179 g/mol. The summed E-state index contributed by atoms with van der Waals surface area (Å²) in [6.45, 7) is 4.15. The predicted molar refractivity (Wildman–Crippen MR) is 55.1 cm³/mol. The van der Waals surface area contributed by atoms with Crippen LogP contribution in [0.2, 0.25) is 0 Å². The van der Waals surface area contributed by atoms with Crippen LogP contribution < -0.4 is 10.5 Å². The van der Waals surface area contributed by atoms with Crippen molar-refractivity contribution < 1.29 is 4.74 Å². The Morgan fingerprint density at radius 3 is 2.08 bits per heavy atom. The maximum Gasteiger partial charge on any atom is 0.118 e. The number of benzene rings is 1. The molecule has 0 aliphatic heterocycles. The van der Waals surface area contributed by atoms with Crippen molar-refractivity contribution in [2.45, 2.75) is 25.8 Å². The molecule has 0 spiro atoms. The lowest BCUT2D eigenvalue weighted by Crippen LogP contribution is -2.22. The zero-order valence-electron chi connectivity index (χ0n) is 8.45. The molecule has 0 aliphatic rings. The van der Waals surface area contributed by atoms with Crippen LogP contribution in [-0.2, 0) is 0 Å². The fraction of sp³-hybridized carbons (Fsp3) is 0.455. The summed E-state index contributed by atoms with van der Waals surface area (Å²) >= 11 is 0. The van der Waals surface area contributed by atoms with Crippen LogP contribution in [0.1, 0.15) is 25.3 Å². The van der Waals surface area contributed by atoms with E-state index >= 15 is 0 Å². The number of rotatable bonds is 3. The van der Waals surface area contributed by atoms with Crippen molar-refractivity contribution in [3.8, 4) is 5.75 Å². The van der Waals surface area contributed by atoms with Gasteiger partial charge in [-0.3, -0.25) is 0 Å². The van der Waals surface area contributed by atoms with Gasteiger partial charge in [0.25, 0.3) is 0 Å². The first-order valence-corrected chi connectivity index (χ1v) is 4.54. The Balaban J connectivity index is 2.79. The van der Waals surface area contributed by atoms with Gasteiger partial charge < -0.3 is 10.5 Å². The minimum Gasteiger partial charge on any atom is -0.497 e. The van der Waals surface area contributed by atoms with E-state index in [0.29, 0.717) is 5.92 Å². The van der Waals surface area contributed by atoms with E-state index in [1.807, 2.05) is 19.1 Å². The van der Waals surface area contributed by atoms with Gasteiger partial charge in [-0.1, -0.05) is 19.1 Å². The molecule has 0 aliphatic carbocycles. The van der Waals surface area contributed by atoms with Gasteiger partial charge in [0.2, 0.25) is 0 Å². The molecule has 0 bridgehead atoms. The normalized spacial score (nSPS) is 15.1. The summed E-state index contributed by atoms with van der Waals surface area (Å²) in [5.41, 5.74) is 7.07. The summed E-state index contributed by atoms with van der Waals surface area (Å²) in [5, 5.41) is 0. The number of nitrogens with two attached hydrogens (primary N) is 1. The summed E-state index contributed by atoms with van der Waals surface area (Å²) in [7, 11) is 1.67. The minimum absolute atomic E-state index is 0.188. The predicted octanol–water partition coefficient (Wildman–Crippen LogP) is 2.15. The second kappa shape index (κ2) is 4.28. The smallest absolute Gasteiger partial charge is 0.118 e.